The van der Waals surface area contributed by atoms with E-state index in [1.807, 2.05) is 78.2 Å². The number of carbonyl (C=O) groups excluding carboxylic acids is 2. The molecule has 4 aromatic carbocycles. The van der Waals surface area contributed by atoms with Crippen LogP contribution in [0.25, 0.3) is 0 Å². The largest absolute Gasteiger partial charge is 0.316 e. The average Bonchev–Trinajstić information content (AvgIpc) is 3.25. The zero-order chi connectivity index (χ0) is 39.3. The number of hydrogen-bond acceptors (Lipinski definition) is 4. The topological polar surface area (TPSA) is 55.9 Å². The monoisotopic (exact) mass is 808 g/mol. The molecule has 0 bridgehead atoms. The summed E-state index contributed by atoms with van der Waals surface area (Å²) in [6.45, 7) is 13.8. The van der Waals surface area contributed by atoms with Crippen LogP contribution in [-0.4, -0.2) is 66.9 Å². The van der Waals surface area contributed by atoms with E-state index in [4.69, 9.17) is 0 Å². The average molecular weight is 810 g/mol. The molecule has 2 amide bonds. The summed E-state index contributed by atoms with van der Waals surface area (Å²) >= 11 is 3.39. The predicted octanol–water partition coefficient (Wildman–Crippen LogP) is 10.2. The predicted molar refractivity (Wildman–Crippen MR) is 236 cm³/mol. The van der Waals surface area contributed by atoms with Crippen molar-refractivity contribution in [3.05, 3.63) is 132 Å². The molecule has 4 atom stereocenters. The van der Waals surface area contributed by atoms with Gasteiger partial charge in [0.25, 0.3) is 0 Å². The number of para-hydroxylation sites is 2. The number of carbonyl (C=O) groups is 2. The highest BCUT2D eigenvalue weighted by Gasteiger charge is 2.31. The van der Waals surface area contributed by atoms with E-state index in [1.54, 1.807) is 0 Å². The molecule has 7 heteroatoms. The van der Waals surface area contributed by atoms with Crippen molar-refractivity contribution in [2.24, 2.45) is 11.8 Å². The molecule has 0 unspecified atom stereocenters. The normalized spacial score (nSPS) is 18.0. The molecule has 6 nitrogen and oxygen atoms in total. The lowest BCUT2D eigenvalue weighted by molar-refractivity contribution is -0.119. The molecule has 2 fully saturated rings. The molecule has 1 N–H and O–H groups in total. The third-order valence-corrected chi connectivity index (χ3v) is 11.4. The number of alkyl halides is 1. The quantitative estimate of drug-likeness (QED) is 0.137. The summed E-state index contributed by atoms with van der Waals surface area (Å²) in [5.74, 6) is 1.49. The fraction of sp³-hybridized carbons (Fsp3) is 0.458. The standard InChI is InChI=1S/C24H32N2O.C16H24N2O.C8H9Br/c1-3-24(27)26(23-14-8-5-9-15-23)20(2)22-13-10-17-25(19-22)18-16-21-11-6-4-7-12-21;1-3-16(19)18(15-9-5-4-6-10-15)13(2)14-8-7-11-17-12-14;9-7-6-8-4-2-1-3-5-8/h4-9,11-12,14-15,20,22H,3,10,13,16-19H2,1-2H3;4-6,9-10,13-14,17H,3,7-8,11-12H2,1-2H3;1-5H,6-7H2/t20-,22+;13-,14+;/m00./s1. The molecule has 4 aromatic rings. The van der Waals surface area contributed by atoms with Gasteiger partial charge in [-0.1, -0.05) is 127 Å². The molecule has 2 saturated heterocycles. The molecule has 2 heterocycles. The number of anilines is 2. The fourth-order valence-corrected chi connectivity index (χ4v) is 8.27. The molecule has 0 saturated carbocycles. The minimum absolute atomic E-state index is 0.212. The summed E-state index contributed by atoms with van der Waals surface area (Å²) in [7, 11) is 0. The second kappa shape index (κ2) is 24.7. The first-order valence-electron chi connectivity index (χ1n) is 20.7. The van der Waals surface area contributed by atoms with Crippen LogP contribution in [0.5, 0.6) is 0 Å². The zero-order valence-corrected chi connectivity index (χ0v) is 35.4. The molecule has 2 aliphatic heterocycles. The molecule has 296 valence electrons. The van der Waals surface area contributed by atoms with E-state index in [1.165, 1.54) is 43.4 Å². The maximum atomic E-state index is 12.7. The van der Waals surface area contributed by atoms with Gasteiger partial charge in [-0.05, 0) is 119 Å². The number of piperidine rings is 2. The Hall–Kier alpha value is -3.78. The van der Waals surface area contributed by atoms with Gasteiger partial charge in [-0.3, -0.25) is 9.59 Å². The van der Waals surface area contributed by atoms with Crippen LogP contribution in [0.4, 0.5) is 11.4 Å². The second-order valence-electron chi connectivity index (χ2n) is 14.9. The fourth-order valence-electron chi connectivity index (χ4n) is 7.82. The maximum absolute atomic E-state index is 12.7. The molecule has 0 aliphatic carbocycles. The van der Waals surface area contributed by atoms with E-state index < -0.39 is 0 Å². The van der Waals surface area contributed by atoms with Crippen molar-refractivity contribution in [2.75, 3.05) is 47.9 Å². The van der Waals surface area contributed by atoms with Gasteiger partial charge >= 0.3 is 0 Å². The lowest BCUT2D eigenvalue weighted by atomic mass is 9.89. The van der Waals surface area contributed by atoms with Crippen molar-refractivity contribution >= 4 is 39.1 Å². The molecule has 2 aliphatic rings. The summed E-state index contributed by atoms with van der Waals surface area (Å²) in [5.41, 5.74) is 4.85. The van der Waals surface area contributed by atoms with E-state index in [0.29, 0.717) is 24.7 Å². The molecule has 0 radical (unpaired) electrons. The van der Waals surface area contributed by atoms with Crippen LogP contribution >= 0.6 is 15.9 Å². The molecular formula is C48H65BrN4O2. The zero-order valence-electron chi connectivity index (χ0n) is 33.8. The van der Waals surface area contributed by atoms with E-state index in [9.17, 15) is 9.59 Å². The van der Waals surface area contributed by atoms with Gasteiger partial charge in [-0.15, -0.1) is 0 Å². The number of aryl methyl sites for hydroxylation is 1. The van der Waals surface area contributed by atoms with Crippen LogP contribution in [-0.2, 0) is 22.4 Å². The Morgan fingerprint density at radius 1 is 0.673 bits per heavy atom. The Balaban J connectivity index is 0.000000207. The second-order valence-corrected chi connectivity index (χ2v) is 15.6. The Morgan fingerprint density at radius 2 is 1.13 bits per heavy atom. The highest BCUT2D eigenvalue weighted by Crippen LogP contribution is 2.28. The van der Waals surface area contributed by atoms with Gasteiger partial charge in [-0.25, -0.2) is 0 Å². The van der Waals surface area contributed by atoms with Crippen LogP contribution in [0.3, 0.4) is 0 Å². The van der Waals surface area contributed by atoms with Gasteiger partial charge in [0.2, 0.25) is 11.8 Å². The first-order valence-corrected chi connectivity index (χ1v) is 21.8. The number of nitrogens with one attached hydrogen (secondary N) is 1. The number of halogens is 1. The lowest BCUT2D eigenvalue weighted by Gasteiger charge is -2.40. The van der Waals surface area contributed by atoms with E-state index in [-0.39, 0.29) is 23.9 Å². The van der Waals surface area contributed by atoms with Crippen LogP contribution in [0, 0.1) is 11.8 Å². The maximum Gasteiger partial charge on any atom is 0.226 e. The smallest absolute Gasteiger partial charge is 0.226 e. The van der Waals surface area contributed by atoms with Gasteiger partial charge < -0.3 is 20.0 Å². The van der Waals surface area contributed by atoms with Crippen LogP contribution in [0.1, 0.15) is 77.3 Å². The highest BCUT2D eigenvalue weighted by atomic mass is 79.9. The minimum Gasteiger partial charge on any atom is -0.316 e. The van der Waals surface area contributed by atoms with E-state index >= 15 is 0 Å². The number of likely N-dealkylation sites (tertiary alicyclic amines) is 1. The van der Waals surface area contributed by atoms with Gasteiger partial charge in [0, 0.05) is 54.7 Å². The van der Waals surface area contributed by atoms with Crippen molar-refractivity contribution in [2.45, 2.75) is 91.1 Å². The van der Waals surface area contributed by atoms with Crippen LogP contribution < -0.4 is 15.1 Å². The molecule has 55 heavy (non-hydrogen) atoms. The Bertz CT molecular complexity index is 1620. The Kier molecular flexibility index (Phi) is 19.7. The number of nitrogens with zero attached hydrogens (tertiary/aromatic N) is 3. The first kappa shape index (κ1) is 43.9. The summed E-state index contributed by atoms with van der Waals surface area (Å²) in [6.07, 6.45) is 8.14. The number of benzene rings is 4. The molecular weight excluding hydrogens is 744 g/mol. The summed E-state index contributed by atoms with van der Waals surface area (Å²) in [6, 6.07) is 41.9. The molecule has 0 spiro atoms. The third kappa shape index (κ3) is 14.3. The van der Waals surface area contributed by atoms with Gasteiger partial charge in [-0.2, -0.15) is 0 Å². The minimum atomic E-state index is 0.212. The highest BCUT2D eigenvalue weighted by molar-refractivity contribution is 9.09. The Labute approximate surface area is 340 Å². The molecule has 6 rings (SSSR count). The van der Waals surface area contributed by atoms with E-state index in [2.05, 4.69) is 107 Å². The van der Waals surface area contributed by atoms with Crippen molar-refractivity contribution < 1.29 is 9.59 Å². The van der Waals surface area contributed by atoms with E-state index in [0.717, 1.165) is 55.7 Å². The van der Waals surface area contributed by atoms with Gasteiger partial charge in [0.1, 0.15) is 0 Å². The van der Waals surface area contributed by atoms with Crippen molar-refractivity contribution in [1.29, 1.82) is 0 Å². The van der Waals surface area contributed by atoms with Crippen LogP contribution in [0.15, 0.2) is 121 Å². The number of hydrogen-bond donors (Lipinski definition) is 1. The van der Waals surface area contributed by atoms with Crippen molar-refractivity contribution in [1.82, 2.24) is 10.2 Å². The molecule has 0 aromatic heterocycles. The first-order chi connectivity index (χ1) is 26.9. The number of amides is 2. The van der Waals surface area contributed by atoms with Crippen molar-refractivity contribution in [3.63, 3.8) is 0 Å². The lowest BCUT2D eigenvalue weighted by Crippen LogP contribution is -2.49. The Morgan fingerprint density at radius 3 is 1.58 bits per heavy atom. The van der Waals surface area contributed by atoms with Gasteiger partial charge in [0.05, 0.1) is 0 Å². The van der Waals surface area contributed by atoms with Gasteiger partial charge in [0.15, 0.2) is 0 Å². The summed E-state index contributed by atoms with van der Waals surface area (Å²) in [5, 5.41) is 4.49. The SMILES string of the molecule is BrCCc1ccccc1.CCC(=O)N(c1ccccc1)[C@@H](C)[C@@H]1CCCN(CCc2ccccc2)C1.CCC(=O)N(c1ccccc1)[C@@H](C)[C@@H]1CCCNC1. The summed E-state index contributed by atoms with van der Waals surface area (Å²) in [4.78, 5) is 31.6. The van der Waals surface area contributed by atoms with Crippen LogP contribution in [0.2, 0.25) is 0 Å². The third-order valence-electron chi connectivity index (χ3n) is 11.1. The van der Waals surface area contributed by atoms with Crippen molar-refractivity contribution in [3.8, 4) is 0 Å². The summed E-state index contributed by atoms with van der Waals surface area (Å²) < 4.78 is 0. The number of rotatable bonds is 13.